The predicted octanol–water partition coefficient (Wildman–Crippen LogP) is 4.85. The molecule has 1 atom stereocenters. The number of rotatable bonds is 1. The quantitative estimate of drug-likeness (QED) is 0.704. The summed E-state index contributed by atoms with van der Waals surface area (Å²) < 4.78 is 6.14. The van der Waals surface area contributed by atoms with E-state index in [9.17, 15) is 0 Å². The molecule has 1 heteroatoms. The van der Waals surface area contributed by atoms with Crippen molar-refractivity contribution in [3.05, 3.63) is 64.7 Å². The van der Waals surface area contributed by atoms with E-state index in [1.54, 1.807) is 0 Å². The summed E-state index contributed by atoms with van der Waals surface area (Å²) >= 11 is 0. The van der Waals surface area contributed by atoms with Crippen LogP contribution in [0.2, 0.25) is 0 Å². The number of fused-ring (bicyclic) bond motifs is 2. The minimum Gasteiger partial charge on any atom is -0.488 e. The smallest absolute Gasteiger partial charge is 0.127 e. The normalized spacial score (nSPS) is 17.4. The van der Waals surface area contributed by atoms with Crippen LogP contribution in [0.15, 0.2) is 42.5 Å². The molecule has 19 heavy (non-hydrogen) atoms. The van der Waals surface area contributed by atoms with Crippen LogP contribution >= 0.6 is 0 Å². The zero-order valence-electron chi connectivity index (χ0n) is 11.8. The molecule has 1 unspecified atom stereocenters. The lowest BCUT2D eigenvalue weighted by molar-refractivity contribution is 0.302. The molecule has 1 aliphatic heterocycles. The van der Waals surface area contributed by atoms with E-state index in [0.717, 1.165) is 5.75 Å². The van der Waals surface area contributed by atoms with E-state index in [0.29, 0.717) is 18.4 Å². The molecule has 1 aliphatic rings. The van der Waals surface area contributed by atoms with Gasteiger partial charge in [0.2, 0.25) is 0 Å². The second-order valence-electron chi connectivity index (χ2n) is 5.63. The summed E-state index contributed by atoms with van der Waals surface area (Å²) in [6.07, 6.45) is 0. The molecule has 0 spiro atoms. The van der Waals surface area contributed by atoms with Gasteiger partial charge in [-0.15, -0.1) is 0 Å². The summed E-state index contributed by atoms with van der Waals surface area (Å²) in [7, 11) is 0. The topological polar surface area (TPSA) is 9.23 Å². The maximum Gasteiger partial charge on any atom is 0.127 e. The van der Waals surface area contributed by atoms with Gasteiger partial charge in [-0.3, -0.25) is 0 Å². The molecule has 2 aromatic rings. The Labute approximate surface area is 115 Å². The highest BCUT2D eigenvalue weighted by Crippen LogP contribution is 2.40. The second-order valence-corrected chi connectivity index (χ2v) is 5.63. The molecule has 0 N–H and O–H groups in total. The molecule has 0 saturated heterocycles. The molecule has 0 radical (unpaired) electrons. The first-order valence-corrected chi connectivity index (χ1v) is 7.02. The van der Waals surface area contributed by atoms with Crippen molar-refractivity contribution < 1.29 is 4.74 Å². The number of hydrogen-bond acceptors (Lipinski definition) is 1. The van der Waals surface area contributed by atoms with E-state index >= 15 is 0 Å². The molecule has 98 valence electrons. The fraction of sp³-hybridized carbons (Fsp3) is 0.333. The van der Waals surface area contributed by atoms with E-state index in [1.807, 2.05) is 0 Å². The van der Waals surface area contributed by atoms with Gasteiger partial charge in [0.1, 0.15) is 12.4 Å². The summed E-state index contributed by atoms with van der Waals surface area (Å²) in [5.74, 6) is 1.98. The Hall–Kier alpha value is -1.76. The van der Waals surface area contributed by atoms with Crippen LogP contribution in [0.25, 0.3) is 0 Å². The first-order chi connectivity index (χ1) is 9.18. The summed E-state index contributed by atoms with van der Waals surface area (Å²) in [4.78, 5) is 0. The van der Waals surface area contributed by atoms with E-state index < -0.39 is 0 Å². The van der Waals surface area contributed by atoms with Gasteiger partial charge < -0.3 is 4.74 Å². The summed E-state index contributed by atoms with van der Waals surface area (Å²) in [6.45, 7) is 7.40. The van der Waals surface area contributed by atoms with Crippen molar-refractivity contribution in [2.75, 3.05) is 0 Å². The molecule has 1 heterocycles. The van der Waals surface area contributed by atoms with Gasteiger partial charge in [0.05, 0.1) is 0 Å². The lowest BCUT2D eigenvalue weighted by Gasteiger charge is -2.18. The van der Waals surface area contributed by atoms with Crippen LogP contribution < -0.4 is 4.74 Å². The van der Waals surface area contributed by atoms with Crippen molar-refractivity contribution >= 4 is 0 Å². The summed E-state index contributed by atoms with van der Waals surface area (Å²) in [5, 5.41) is 0. The third-order valence-electron chi connectivity index (χ3n) is 4.06. The van der Waals surface area contributed by atoms with Crippen molar-refractivity contribution in [3.8, 4) is 5.75 Å². The van der Waals surface area contributed by atoms with Crippen molar-refractivity contribution in [3.63, 3.8) is 0 Å². The Morgan fingerprint density at radius 1 is 1.00 bits per heavy atom. The Bertz CT molecular complexity index is 598. The molecule has 1 nitrogen and oxygen atoms in total. The molecule has 0 aliphatic carbocycles. The van der Waals surface area contributed by atoms with Crippen LogP contribution in [0.5, 0.6) is 5.75 Å². The third kappa shape index (κ3) is 2.03. The molecule has 3 rings (SSSR count). The maximum atomic E-state index is 6.14. The zero-order valence-corrected chi connectivity index (χ0v) is 11.8. The minimum atomic E-state index is 0.396. The first kappa shape index (κ1) is 12.3. The lowest BCUT2D eigenvalue weighted by atomic mass is 9.88. The van der Waals surface area contributed by atoms with Crippen molar-refractivity contribution in [2.45, 2.75) is 39.2 Å². The van der Waals surface area contributed by atoms with E-state index in [4.69, 9.17) is 4.74 Å². The van der Waals surface area contributed by atoms with Crippen LogP contribution in [0.4, 0.5) is 0 Å². The number of hydrogen-bond donors (Lipinski definition) is 0. The molecular formula is C18H20O. The molecule has 0 aromatic heterocycles. The van der Waals surface area contributed by atoms with Gasteiger partial charge >= 0.3 is 0 Å². The fourth-order valence-corrected chi connectivity index (χ4v) is 2.94. The minimum absolute atomic E-state index is 0.396. The number of para-hydroxylation sites is 1. The number of ether oxygens (including phenoxy) is 1. The van der Waals surface area contributed by atoms with E-state index in [2.05, 4.69) is 63.2 Å². The van der Waals surface area contributed by atoms with Gasteiger partial charge in [-0.1, -0.05) is 63.2 Å². The highest BCUT2D eigenvalue weighted by Gasteiger charge is 2.23. The van der Waals surface area contributed by atoms with Crippen molar-refractivity contribution in [2.24, 2.45) is 0 Å². The summed E-state index contributed by atoms with van der Waals surface area (Å²) in [6, 6.07) is 15.1. The largest absolute Gasteiger partial charge is 0.488 e. The SMILES string of the molecule is CC(C)c1cccc2c1OCc1ccccc1C2C. The van der Waals surface area contributed by atoms with Crippen LogP contribution in [0, 0.1) is 0 Å². The van der Waals surface area contributed by atoms with Crippen LogP contribution in [0.1, 0.15) is 54.9 Å². The van der Waals surface area contributed by atoms with Crippen LogP contribution in [-0.4, -0.2) is 0 Å². The molecule has 2 aromatic carbocycles. The first-order valence-electron chi connectivity index (χ1n) is 7.02. The Balaban J connectivity index is 2.17. The lowest BCUT2D eigenvalue weighted by Crippen LogP contribution is -2.00. The fourth-order valence-electron chi connectivity index (χ4n) is 2.94. The molecule has 0 amide bonds. The Morgan fingerprint density at radius 2 is 1.74 bits per heavy atom. The Kier molecular flexibility index (Phi) is 3.06. The van der Waals surface area contributed by atoms with Gasteiger partial charge in [0.25, 0.3) is 0 Å². The van der Waals surface area contributed by atoms with Crippen LogP contribution in [0.3, 0.4) is 0 Å². The van der Waals surface area contributed by atoms with E-state index in [-0.39, 0.29) is 0 Å². The average Bonchev–Trinajstić information content (AvgIpc) is 2.57. The number of benzene rings is 2. The Morgan fingerprint density at radius 3 is 2.53 bits per heavy atom. The maximum absolute atomic E-state index is 6.14. The van der Waals surface area contributed by atoms with Crippen LogP contribution in [-0.2, 0) is 6.61 Å². The highest BCUT2D eigenvalue weighted by atomic mass is 16.5. The molecule has 0 bridgehead atoms. The predicted molar refractivity (Wildman–Crippen MR) is 78.8 cm³/mol. The van der Waals surface area contributed by atoms with Gasteiger partial charge in [-0.05, 0) is 22.6 Å². The van der Waals surface area contributed by atoms with Crippen molar-refractivity contribution in [1.29, 1.82) is 0 Å². The van der Waals surface area contributed by atoms with Crippen molar-refractivity contribution in [1.82, 2.24) is 0 Å². The monoisotopic (exact) mass is 252 g/mol. The third-order valence-corrected chi connectivity index (χ3v) is 4.06. The van der Waals surface area contributed by atoms with Gasteiger partial charge in [0.15, 0.2) is 0 Å². The zero-order chi connectivity index (χ0) is 13.4. The molecule has 0 saturated carbocycles. The highest BCUT2D eigenvalue weighted by molar-refractivity contribution is 5.51. The van der Waals surface area contributed by atoms with Gasteiger partial charge in [0, 0.05) is 11.5 Å². The average molecular weight is 252 g/mol. The standard InChI is InChI=1S/C18H20O/c1-12(2)15-9-6-10-17-13(3)16-8-5-4-7-14(16)11-19-18(15)17/h4-10,12-13H,11H2,1-3H3. The molecule has 0 fully saturated rings. The summed E-state index contributed by atoms with van der Waals surface area (Å²) in [5.41, 5.74) is 5.33. The second kappa shape index (κ2) is 4.73. The van der Waals surface area contributed by atoms with Gasteiger partial charge in [-0.25, -0.2) is 0 Å². The van der Waals surface area contributed by atoms with Gasteiger partial charge in [-0.2, -0.15) is 0 Å². The van der Waals surface area contributed by atoms with E-state index in [1.165, 1.54) is 22.3 Å². The molecular weight excluding hydrogens is 232 g/mol.